The topological polar surface area (TPSA) is 179 Å². The standard InChI is InChI=1S/C47H57N9O5/c1-3-4-5-12-21-48-45(59)42(52-47(61)51-40-24-35(40)31-15-10-7-11-16-31)28-56-27-41(53-54-56)32-17-19-33(20-18-32)46(60)55-25-36(43(57)49-38-22-29(38)2)37(26-55)44(58)50-39-23-34(39)30-13-8-6-9-14-30/h6-11,13-20,27,29,34-40,42H,3-5,12,21-26,28H2,1-2H3,(H,48,59)(H,49,57)(H,50,58)(H2,51,52,61)/t29-,34+,35+,36+,37?,38-,39-,40-,42-/m0/s1. The van der Waals surface area contributed by atoms with Crippen molar-refractivity contribution in [2.24, 2.45) is 17.8 Å². The normalized spacial score (nSPS) is 25.2. The van der Waals surface area contributed by atoms with Crippen molar-refractivity contribution in [2.75, 3.05) is 19.6 Å². The highest BCUT2D eigenvalue weighted by Gasteiger charge is 2.48. The first-order valence-corrected chi connectivity index (χ1v) is 22.0. The molecule has 4 fully saturated rings. The smallest absolute Gasteiger partial charge is 0.315 e. The summed E-state index contributed by atoms with van der Waals surface area (Å²) in [6.45, 7) is 5.10. The van der Waals surface area contributed by atoms with Gasteiger partial charge in [-0.25, -0.2) is 9.48 Å². The number of benzene rings is 3. The molecule has 3 aliphatic carbocycles. The Morgan fingerprint density at radius 1 is 0.721 bits per heavy atom. The molecule has 5 N–H and O–H groups in total. The Balaban J connectivity index is 0.889. The largest absolute Gasteiger partial charge is 0.354 e. The van der Waals surface area contributed by atoms with E-state index in [0.29, 0.717) is 29.3 Å². The quantitative estimate of drug-likeness (QED) is 0.0899. The molecule has 8 rings (SSSR count). The number of nitrogens with one attached hydrogen (secondary N) is 5. The molecule has 0 bridgehead atoms. The second kappa shape index (κ2) is 18.7. The second-order valence-electron chi connectivity index (χ2n) is 17.4. The van der Waals surface area contributed by atoms with E-state index < -0.39 is 23.9 Å². The number of likely N-dealkylation sites (tertiary alicyclic amines) is 1. The van der Waals surface area contributed by atoms with E-state index in [1.165, 1.54) is 15.8 Å². The highest BCUT2D eigenvalue weighted by atomic mass is 16.2. The molecule has 1 saturated heterocycles. The van der Waals surface area contributed by atoms with Gasteiger partial charge in [0, 0.05) is 60.7 Å². The molecule has 4 aliphatic rings. The van der Waals surface area contributed by atoms with Crippen molar-refractivity contribution >= 4 is 29.7 Å². The minimum atomic E-state index is -0.894. The first-order valence-electron chi connectivity index (χ1n) is 22.0. The van der Waals surface area contributed by atoms with Crippen molar-refractivity contribution < 1.29 is 24.0 Å². The van der Waals surface area contributed by atoms with Gasteiger partial charge in [-0.05, 0) is 54.9 Å². The number of rotatable bonds is 18. The van der Waals surface area contributed by atoms with Gasteiger partial charge in [-0.3, -0.25) is 19.2 Å². The fourth-order valence-electron chi connectivity index (χ4n) is 8.57. The minimum Gasteiger partial charge on any atom is -0.354 e. The number of hydrogen-bond acceptors (Lipinski definition) is 7. The van der Waals surface area contributed by atoms with Crippen LogP contribution in [0.15, 0.2) is 91.1 Å². The van der Waals surface area contributed by atoms with E-state index in [1.54, 1.807) is 35.4 Å². The molecule has 6 amide bonds. The van der Waals surface area contributed by atoms with Gasteiger partial charge in [0.2, 0.25) is 17.7 Å². The average Bonchev–Trinajstić information content (AvgIpc) is 4.23. The summed E-state index contributed by atoms with van der Waals surface area (Å²) in [6, 6.07) is 25.9. The van der Waals surface area contributed by atoms with Crippen LogP contribution < -0.4 is 26.6 Å². The Hall–Kier alpha value is -6.05. The van der Waals surface area contributed by atoms with Crippen LogP contribution in [-0.4, -0.2) is 93.4 Å². The molecule has 1 aliphatic heterocycles. The summed E-state index contributed by atoms with van der Waals surface area (Å²) in [5.74, 6) is -1.33. The predicted molar refractivity (Wildman–Crippen MR) is 230 cm³/mol. The summed E-state index contributed by atoms with van der Waals surface area (Å²) in [5.41, 5.74) is 4.02. The lowest BCUT2D eigenvalue weighted by Crippen LogP contribution is -2.52. The molecule has 61 heavy (non-hydrogen) atoms. The highest BCUT2D eigenvalue weighted by Crippen LogP contribution is 2.42. The van der Waals surface area contributed by atoms with E-state index in [4.69, 9.17) is 0 Å². The molecule has 14 heteroatoms. The summed E-state index contributed by atoms with van der Waals surface area (Å²) in [4.78, 5) is 69.3. The number of carbonyl (C=O) groups excluding carboxylic acids is 5. The van der Waals surface area contributed by atoms with Gasteiger partial charge in [-0.15, -0.1) is 5.10 Å². The lowest BCUT2D eigenvalue weighted by atomic mass is 9.94. The molecule has 0 spiro atoms. The summed E-state index contributed by atoms with van der Waals surface area (Å²) >= 11 is 0. The molecular weight excluding hydrogens is 771 g/mol. The first-order chi connectivity index (χ1) is 29.6. The second-order valence-corrected chi connectivity index (χ2v) is 17.4. The van der Waals surface area contributed by atoms with E-state index >= 15 is 0 Å². The van der Waals surface area contributed by atoms with Crippen LogP contribution in [0, 0.1) is 17.8 Å². The van der Waals surface area contributed by atoms with Crippen molar-refractivity contribution in [1.29, 1.82) is 0 Å². The van der Waals surface area contributed by atoms with Crippen LogP contribution in [0.25, 0.3) is 11.3 Å². The van der Waals surface area contributed by atoms with Crippen molar-refractivity contribution in [3.63, 3.8) is 0 Å². The fourth-order valence-corrected chi connectivity index (χ4v) is 8.57. The van der Waals surface area contributed by atoms with Crippen LogP contribution in [0.3, 0.4) is 0 Å². The number of aromatic nitrogens is 3. The Bertz CT molecular complexity index is 2180. The number of amides is 6. The van der Waals surface area contributed by atoms with Gasteiger partial charge in [-0.1, -0.05) is 111 Å². The minimum absolute atomic E-state index is 0.00262. The maximum atomic E-state index is 13.9. The lowest BCUT2D eigenvalue weighted by Gasteiger charge is -2.19. The highest BCUT2D eigenvalue weighted by molar-refractivity contribution is 5.97. The Morgan fingerprint density at radius 3 is 1.90 bits per heavy atom. The van der Waals surface area contributed by atoms with Crippen LogP contribution in [0.1, 0.15) is 92.1 Å². The zero-order chi connectivity index (χ0) is 42.5. The van der Waals surface area contributed by atoms with E-state index in [2.05, 4.69) is 75.0 Å². The van der Waals surface area contributed by atoms with E-state index in [9.17, 15) is 24.0 Å². The maximum absolute atomic E-state index is 13.9. The molecule has 3 aromatic carbocycles. The third-order valence-electron chi connectivity index (χ3n) is 12.7. The molecule has 2 heterocycles. The molecule has 1 aromatic heterocycles. The molecule has 0 radical (unpaired) electrons. The van der Waals surface area contributed by atoms with Gasteiger partial charge in [-0.2, -0.15) is 0 Å². The van der Waals surface area contributed by atoms with E-state index in [1.807, 2.05) is 36.4 Å². The Labute approximate surface area is 357 Å². The van der Waals surface area contributed by atoms with Crippen LogP contribution in [-0.2, 0) is 20.9 Å². The van der Waals surface area contributed by atoms with Crippen molar-refractivity contribution in [2.45, 2.75) is 101 Å². The third-order valence-corrected chi connectivity index (χ3v) is 12.7. The molecule has 9 atom stereocenters. The number of urea groups is 1. The van der Waals surface area contributed by atoms with Crippen LogP contribution >= 0.6 is 0 Å². The van der Waals surface area contributed by atoms with Gasteiger partial charge in [0.05, 0.1) is 24.6 Å². The summed E-state index contributed by atoms with van der Waals surface area (Å²) < 4.78 is 1.53. The molecule has 4 aromatic rings. The Morgan fingerprint density at radius 2 is 1.31 bits per heavy atom. The average molecular weight is 828 g/mol. The first kappa shape index (κ1) is 41.7. The van der Waals surface area contributed by atoms with Crippen LogP contribution in [0.5, 0.6) is 0 Å². The summed E-state index contributed by atoms with van der Waals surface area (Å²) in [5, 5.41) is 23.8. The van der Waals surface area contributed by atoms with Crippen LogP contribution in [0.2, 0.25) is 0 Å². The van der Waals surface area contributed by atoms with E-state index in [-0.39, 0.29) is 73.2 Å². The molecule has 3 saturated carbocycles. The van der Waals surface area contributed by atoms with Crippen molar-refractivity contribution in [3.8, 4) is 11.3 Å². The van der Waals surface area contributed by atoms with E-state index in [0.717, 1.165) is 44.9 Å². The molecule has 320 valence electrons. The molecule has 1 unspecified atom stereocenters. The van der Waals surface area contributed by atoms with Gasteiger partial charge in [0.15, 0.2) is 0 Å². The SMILES string of the molecule is CCCCCCNC(=O)[C@H](Cn1cc(-c2ccc(C(=O)N3CC(C(=O)N[C@H]4C[C@@H]4c4ccccc4)[C@H](C(=O)N[C@H]4C[C@@H]4C)C3)cc2)nn1)NC(=O)N[C@H]1C[C@@H]1c1ccccc1. The zero-order valence-corrected chi connectivity index (χ0v) is 35.0. The third kappa shape index (κ3) is 10.5. The lowest BCUT2D eigenvalue weighted by molar-refractivity contribution is -0.133. The summed E-state index contributed by atoms with van der Waals surface area (Å²) in [7, 11) is 0. The number of hydrogen-bond donors (Lipinski definition) is 5. The van der Waals surface area contributed by atoms with Gasteiger partial charge in [0.25, 0.3) is 5.91 Å². The Kier molecular flexibility index (Phi) is 12.8. The van der Waals surface area contributed by atoms with Crippen LogP contribution in [0.4, 0.5) is 4.79 Å². The van der Waals surface area contributed by atoms with Gasteiger partial charge in [0.1, 0.15) is 11.7 Å². The molecule has 14 nitrogen and oxygen atoms in total. The predicted octanol–water partition coefficient (Wildman–Crippen LogP) is 4.75. The van der Waals surface area contributed by atoms with Crippen molar-refractivity contribution in [3.05, 3.63) is 108 Å². The zero-order valence-electron chi connectivity index (χ0n) is 35.0. The number of nitrogens with zero attached hydrogens (tertiary/aromatic N) is 4. The van der Waals surface area contributed by atoms with Gasteiger partial charge < -0.3 is 31.5 Å². The molecular formula is C47H57N9O5. The fraction of sp³-hybridized carbons (Fsp3) is 0.468. The monoisotopic (exact) mass is 827 g/mol. The number of unbranched alkanes of at least 4 members (excludes halogenated alkanes) is 3. The number of carbonyl (C=O) groups is 5. The van der Waals surface area contributed by atoms with Crippen molar-refractivity contribution in [1.82, 2.24) is 46.5 Å². The van der Waals surface area contributed by atoms with Gasteiger partial charge >= 0.3 is 6.03 Å². The summed E-state index contributed by atoms with van der Waals surface area (Å²) in [6.07, 6.45) is 8.36. The maximum Gasteiger partial charge on any atom is 0.315 e.